The molecule has 96 valence electrons. The van der Waals surface area contributed by atoms with Gasteiger partial charge in [0.25, 0.3) is 0 Å². The molecule has 0 aromatic heterocycles. The highest BCUT2D eigenvalue weighted by atomic mass is 32.2. The molecular formula is C13H22N2OS. The lowest BCUT2D eigenvalue weighted by Crippen LogP contribution is -2.44. The van der Waals surface area contributed by atoms with E-state index in [9.17, 15) is 4.79 Å². The monoisotopic (exact) mass is 254 g/mol. The van der Waals surface area contributed by atoms with Crippen LogP contribution in [0.3, 0.4) is 0 Å². The number of nitrogens with one attached hydrogen (secondary N) is 1. The van der Waals surface area contributed by atoms with Crippen molar-refractivity contribution in [2.75, 3.05) is 19.3 Å². The maximum Gasteiger partial charge on any atom is 0.318 e. The number of nitrogens with zero attached hydrogens (tertiary/aromatic N) is 1. The lowest BCUT2D eigenvalue weighted by atomic mass is 10.2. The van der Waals surface area contributed by atoms with E-state index in [0.717, 1.165) is 12.8 Å². The maximum absolute atomic E-state index is 12.0. The highest BCUT2D eigenvalue weighted by Crippen LogP contribution is 2.28. The van der Waals surface area contributed by atoms with Crippen molar-refractivity contribution in [2.45, 2.75) is 30.6 Å². The Kier molecular flexibility index (Phi) is 6.19. The van der Waals surface area contributed by atoms with E-state index >= 15 is 0 Å². The molecule has 17 heavy (non-hydrogen) atoms. The van der Waals surface area contributed by atoms with E-state index < -0.39 is 0 Å². The summed E-state index contributed by atoms with van der Waals surface area (Å²) in [6, 6.07) is 0.327. The van der Waals surface area contributed by atoms with E-state index in [-0.39, 0.29) is 6.03 Å². The van der Waals surface area contributed by atoms with E-state index in [1.165, 1.54) is 6.42 Å². The molecule has 3 nitrogen and oxygen atoms in total. The summed E-state index contributed by atoms with van der Waals surface area (Å²) in [6.07, 6.45) is 8.99. The van der Waals surface area contributed by atoms with Crippen molar-refractivity contribution in [3.8, 4) is 0 Å². The van der Waals surface area contributed by atoms with Crippen molar-refractivity contribution in [3.05, 3.63) is 25.3 Å². The number of rotatable bonds is 6. The normalized spacial score (nSPS) is 23.1. The van der Waals surface area contributed by atoms with Crippen molar-refractivity contribution in [3.63, 3.8) is 0 Å². The zero-order valence-electron chi connectivity index (χ0n) is 10.5. The Bertz CT molecular complexity index is 271. The molecule has 0 radical (unpaired) electrons. The van der Waals surface area contributed by atoms with Gasteiger partial charge < -0.3 is 10.2 Å². The third kappa shape index (κ3) is 4.46. The van der Waals surface area contributed by atoms with Crippen molar-refractivity contribution in [1.29, 1.82) is 0 Å². The molecule has 0 bridgehead atoms. The number of thioether (sulfide) groups is 1. The zero-order valence-corrected chi connectivity index (χ0v) is 11.3. The minimum absolute atomic E-state index is 0.00319. The van der Waals surface area contributed by atoms with Crippen molar-refractivity contribution in [2.24, 2.45) is 0 Å². The lowest BCUT2D eigenvalue weighted by Gasteiger charge is -2.22. The van der Waals surface area contributed by atoms with Gasteiger partial charge >= 0.3 is 6.03 Å². The fraction of sp³-hybridized carbons (Fsp3) is 0.615. The second-order valence-corrected chi connectivity index (χ2v) is 5.44. The molecule has 0 spiro atoms. The molecule has 0 aromatic rings. The summed E-state index contributed by atoms with van der Waals surface area (Å²) in [5.74, 6) is 0. The Labute approximate surface area is 108 Å². The van der Waals surface area contributed by atoms with E-state index in [1.54, 1.807) is 17.1 Å². The van der Waals surface area contributed by atoms with Gasteiger partial charge in [-0.25, -0.2) is 4.79 Å². The molecule has 1 saturated carbocycles. The fourth-order valence-electron chi connectivity index (χ4n) is 2.10. The van der Waals surface area contributed by atoms with Crippen molar-refractivity contribution >= 4 is 17.8 Å². The molecule has 1 rings (SSSR count). The first-order chi connectivity index (χ1) is 8.21. The fourth-order valence-corrected chi connectivity index (χ4v) is 2.90. The van der Waals surface area contributed by atoms with Crippen molar-refractivity contribution in [1.82, 2.24) is 10.2 Å². The first-order valence-electron chi connectivity index (χ1n) is 6.01. The molecule has 1 aliphatic rings. The van der Waals surface area contributed by atoms with Gasteiger partial charge in [-0.2, -0.15) is 11.8 Å². The smallest absolute Gasteiger partial charge is 0.318 e. The maximum atomic E-state index is 12.0. The Morgan fingerprint density at radius 2 is 2.06 bits per heavy atom. The molecule has 0 aliphatic heterocycles. The Morgan fingerprint density at radius 1 is 1.41 bits per heavy atom. The number of carbonyl (C=O) groups is 1. The Balaban J connectivity index is 2.41. The molecular weight excluding hydrogens is 232 g/mol. The van der Waals surface area contributed by atoms with Gasteiger partial charge in [-0.1, -0.05) is 12.2 Å². The van der Waals surface area contributed by atoms with Crippen LogP contribution >= 0.6 is 11.8 Å². The van der Waals surface area contributed by atoms with E-state index in [2.05, 4.69) is 24.7 Å². The number of urea groups is 1. The lowest BCUT2D eigenvalue weighted by molar-refractivity contribution is 0.204. The van der Waals surface area contributed by atoms with Gasteiger partial charge in [0.05, 0.1) is 0 Å². The molecule has 2 amide bonds. The molecule has 1 aliphatic carbocycles. The molecule has 0 unspecified atom stereocenters. The van der Waals surface area contributed by atoms with Crippen LogP contribution in [0, 0.1) is 0 Å². The zero-order chi connectivity index (χ0) is 12.7. The van der Waals surface area contributed by atoms with E-state index in [4.69, 9.17) is 0 Å². The minimum Gasteiger partial charge on any atom is -0.335 e. The molecule has 1 fully saturated rings. The Morgan fingerprint density at radius 3 is 2.53 bits per heavy atom. The summed E-state index contributed by atoms with van der Waals surface area (Å²) >= 11 is 1.89. The summed E-state index contributed by atoms with van der Waals surface area (Å²) < 4.78 is 0. The van der Waals surface area contributed by atoms with Gasteiger partial charge in [0.1, 0.15) is 0 Å². The van der Waals surface area contributed by atoms with Crippen LogP contribution in [-0.2, 0) is 0 Å². The predicted molar refractivity (Wildman–Crippen MR) is 75.4 cm³/mol. The largest absolute Gasteiger partial charge is 0.335 e. The van der Waals surface area contributed by atoms with Crippen LogP contribution in [0.15, 0.2) is 25.3 Å². The molecule has 2 atom stereocenters. The topological polar surface area (TPSA) is 32.3 Å². The third-order valence-corrected chi connectivity index (χ3v) is 4.13. The summed E-state index contributed by atoms with van der Waals surface area (Å²) in [7, 11) is 0. The quantitative estimate of drug-likeness (QED) is 0.739. The van der Waals surface area contributed by atoms with Gasteiger partial charge in [0, 0.05) is 24.4 Å². The number of amides is 2. The van der Waals surface area contributed by atoms with Crippen LogP contribution in [0.25, 0.3) is 0 Å². The standard InChI is InChI=1S/C13H22N2OS/c1-4-8-15(9-5-2)13(16)14-11-6-7-12(10-11)17-3/h4-5,11-12H,1-2,6-10H2,3H3,(H,14,16)/t11-,12-/m0/s1. The first kappa shape index (κ1) is 14.2. The molecule has 0 heterocycles. The highest BCUT2D eigenvalue weighted by molar-refractivity contribution is 7.99. The van der Waals surface area contributed by atoms with Crippen LogP contribution in [0.5, 0.6) is 0 Å². The summed E-state index contributed by atoms with van der Waals surface area (Å²) in [5, 5.41) is 3.79. The van der Waals surface area contributed by atoms with Crippen molar-refractivity contribution < 1.29 is 4.79 Å². The van der Waals surface area contributed by atoms with Gasteiger partial charge in [-0.05, 0) is 25.5 Å². The predicted octanol–water partition coefficient (Wildman–Crippen LogP) is 2.65. The second-order valence-electron chi connectivity index (χ2n) is 4.30. The molecule has 1 N–H and O–H groups in total. The highest BCUT2D eigenvalue weighted by Gasteiger charge is 2.26. The van der Waals surface area contributed by atoms with Gasteiger partial charge in [-0.3, -0.25) is 0 Å². The summed E-state index contributed by atoms with van der Waals surface area (Å²) in [4.78, 5) is 13.7. The number of carbonyl (C=O) groups excluding carboxylic acids is 1. The summed E-state index contributed by atoms with van der Waals surface area (Å²) in [5.41, 5.74) is 0. The van der Waals surface area contributed by atoms with Gasteiger partial charge in [0.2, 0.25) is 0 Å². The minimum atomic E-state index is -0.00319. The van der Waals surface area contributed by atoms with E-state index in [1.807, 2.05) is 11.8 Å². The van der Waals surface area contributed by atoms with Crippen LogP contribution in [0.2, 0.25) is 0 Å². The van der Waals surface area contributed by atoms with Crippen LogP contribution in [0.4, 0.5) is 4.79 Å². The van der Waals surface area contributed by atoms with Crippen LogP contribution < -0.4 is 5.32 Å². The molecule has 0 saturated heterocycles. The average Bonchev–Trinajstić information content (AvgIpc) is 2.76. The number of hydrogen-bond donors (Lipinski definition) is 1. The number of hydrogen-bond acceptors (Lipinski definition) is 2. The molecule has 4 heteroatoms. The van der Waals surface area contributed by atoms with Crippen LogP contribution in [0.1, 0.15) is 19.3 Å². The summed E-state index contributed by atoms with van der Waals surface area (Å²) in [6.45, 7) is 8.46. The second kappa shape index (κ2) is 7.43. The average molecular weight is 254 g/mol. The van der Waals surface area contributed by atoms with Gasteiger partial charge in [0.15, 0.2) is 0 Å². The Hall–Kier alpha value is -0.900. The van der Waals surface area contributed by atoms with Crippen LogP contribution in [-0.4, -0.2) is 41.6 Å². The van der Waals surface area contributed by atoms with Gasteiger partial charge in [-0.15, -0.1) is 13.2 Å². The third-order valence-electron chi connectivity index (χ3n) is 3.03. The SMILES string of the molecule is C=CCN(CC=C)C(=O)N[C@H]1CC[C@H](SC)C1. The molecule has 0 aromatic carbocycles. The van der Waals surface area contributed by atoms with E-state index in [0.29, 0.717) is 24.4 Å². The first-order valence-corrected chi connectivity index (χ1v) is 7.30.